The molecule has 0 saturated carbocycles. The molecule has 3 N–H and O–H groups in total. The van der Waals surface area contributed by atoms with Gasteiger partial charge in [-0.3, -0.25) is 5.10 Å². The predicted molar refractivity (Wildman–Crippen MR) is 79.9 cm³/mol. The molecule has 1 aromatic carbocycles. The summed E-state index contributed by atoms with van der Waals surface area (Å²) < 4.78 is 0. The Morgan fingerprint density at radius 1 is 1.41 bits per heavy atom. The number of H-pyrrole nitrogens is 1. The van der Waals surface area contributed by atoms with Gasteiger partial charge in [0.05, 0.1) is 6.54 Å². The number of carboxylic acid groups (broad SMARTS) is 1. The van der Waals surface area contributed by atoms with Gasteiger partial charge in [-0.1, -0.05) is 12.1 Å². The Hall–Kier alpha value is -2.83. The van der Waals surface area contributed by atoms with Crippen LogP contribution in [0.4, 0.5) is 10.5 Å². The monoisotopic (exact) mass is 300 g/mol. The number of urea groups is 1. The zero-order valence-electron chi connectivity index (χ0n) is 12.1. The average Bonchev–Trinajstić information content (AvgIpc) is 2.90. The van der Waals surface area contributed by atoms with Gasteiger partial charge in [0.15, 0.2) is 5.69 Å². The van der Waals surface area contributed by atoms with Crippen molar-refractivity contribution < 1.29 is 14.7 Å². The van der Waals surface area contributed by atoms with Crippen LogP contribution >= 0.6 is 0 Å². The number of nitrogens with one attached hydrogen (secondary N) is 2. The maximum Gasteiger partial charge on any atom is 0.356 e. The number of hydrogen-bond donors (Lipinski definition) is 3. The highest BCUT2D eigenvalue weighted by molar-refractivity contribution is 5.91. The Kier molecular flexibility index (Phi) is 3.54. The first kappa shape index (κ1) is 14.1. The van der Waals surface area contributed by atoms with Crippen LogP contribution in [0.2, 0.25) is 0 Å². The number of amides is 2. The fourth-order valence-electron chi connectivity index (χ4n) is 2.57. The van der Waals surface area contributed by atoms with Gasteiger partial charge >= 0.3 is 12.0 Å². The lowest BCUT2D eigenvalue weighted by Gasteiger charge is -2.27. The standard InChI is InChI=1S/C15H16N4O3/c1-9-3-2-4-10(7-9)16-15(22)19-6-5-12-11(8-19)13(14(20)21)18-17-12/h2-4,7H,5-6,8H2,1H3,(H,16,22)(H,17,18)(H,20,21). The number of aromatic carboxylic acids is 1. The number of anilines is 1. The Labute approximate surface area is 126 Å². The van der Waals surface area contributed by atoms with E-state index in [1.165, 1.54) is 0 Å². The van der Waals surface area contributed by atoms with Crippen LogP contribution in [-0.4, -0.2) is 38.7 Å². The van der Waals surface area contributed by atoms with Gasteiger partial charge in [-0.2, -0.15) is 5.10 Å². The zero-order chi connectivity index (χ0) is 15.7. The summed E-state index contributed by atoms with van der Waals surface area (Å²) in [5, 5.41) is 18.5. The van der Waals surface area contributed by atoms with Gasteiger partial charge in [0.2, 0.25) is 0 Å². The second kappa shape index (κ2) is 5.51. The van der Waals surface area contributed by atoms with Gasteiger partial charge < -0.3 is 15.3 Å². The molecule has 7 nitrogen and oxygen atoms in total. The van der Waals surface area contributed by atoms with Gasteiger partial charge in [0, 0.05) is 29.9 Å². The van der Waals surface area contributed by atoms with Gasteiger partial charge in [0.1, 0.15) is 0 Å². The molecule has 114 valence electrons. The van der Waals surface area contributed by atoms with Crippen molar-refractivity contribution in [3.63, 3.8) is 0 Å². The smallest absolute Gasteiger partial charge is 0.356 e. The van der Waals surface area contributed by atoms with Crippen molar-refractivity contribution in [3.05, 3.63) is 46.8 Å². The number of aromatic amines is 1. The van der Waals surface area contributed by atoms with Crippen LogP contribution in [-0.2, 0) is 13.0 Å². The Morgan fingerprint density at radius 3 is 2.95 bits per heavy atom. The maximum atomic E-state index is 12.3. The molecule has 7 heteroatoms. The van der Waals surface area contributed by atoms with Crippen LogP contribution < -0.4 is 5.32 Å². The summed E-state index contributed by atoms with van der Waals surface area (Å²) in [6.45, 7) is 2.71. The summed E-state index contributed by atoms with van der Waals surface area (Å²) in [4.78, 5) is 25.1. The van der Waals surface area contributed by atoms with Crippen molar-refractivity contribution in [2.75, 3.05) is 11.9 Å². The van der Waals surface area contributed by atoms with E-state index in [0.29, 0.717) is 18.5 Å². The molecule has 1 aliphatic rings. The highest BCUT2D eigenvalue weighted by Crippen LogP contribution is 2.21. The minimum atomic E-state index is -1.08. The fraction of sp³-hybridized carbons (Fsp3) is 0.267. The SMILES string of the molecule is Cc1cccc(NC(=O)N2CCc3[nH]nc(C(=O)O)c3C2)c1. The van der Waals surface area contributed by atoms with Crippen molar-refractivity contribution in [3.8, 4) is 0 Å². The van der Waals surface area contributed by atoms with Crippen LogP contribution in [0.1, 0.15) is 27.3 Å². The summed E-state index contributed by atoms with van der Waals surface area (Å²) in [5.41, 5.74) is 3.14. The molecule has 2 amide bonds. The van der Waals surface area contributed by atoms with Crippen LogP contribution in [0.3, 0.4) is 0 Å². The van der Waals surface area contributed by atoms with E-state index in [4.69, 9.17) is 5.11 Å². The van der Waals surface area contributed by atoms with Crippen molar-refractivity contribution in [1.29, 1.82) is 0 Å². The molecule has 2 heterocycles. The number of fused-ring (bicyclic) bond motifs is 1. The quantitative estimate of drug-likeness (QED) is 0.790. The third-order valence-corrected chi connectivity index (χ3v) is 3.69. The van der Waals surface area contributed by atoms with E-state index in [0.717, 1.165) is 16.9 Å². The summed E-state index contributed by atoms with van der Waals surface area (Å²) >= 11 is 0. The van der Waals surface area contributed by atoms with Crippen LogP contribution in [0.25, 0.3) is 0 Å². The lowest BCUT2D eigenvalue weighted by Crippen LogP contribution is -2.39. The molecular weight excluding hydrogens is 284 g/mol. The van der Waals surface area contributed by atoms with E-state index in [1.54, 1.807) is 4.90 Å². The molecular formula is C15H16N4O3. The maximum absolute atomic E-state index is 12.3. The van der Waals surface area contributed by atoms with E-state index in [-0.39, 0.29) is 18.3 Å². The number of carboxylic acids is 1. The zero-order valence-corrected chi connectivity index (χ0v) is 12.1. The predicted octanol–water partition coefficient (Wildman–Crippen LogP) is 2.01. The summed E-state index contributed by atoms with van der Waals surface area (Å²) in [5.74, 6) is -1.08. The molecule has 0 saturated heterocycles. The molecule has 22 heavy (non-hydrogen) atoms. The minimum Gasteiger partial charge on any atom is -0.476 e. The third-order valence-electron chi connectivity index (χ3n) is 3.69. The number of hydrogen-bond acceptors (Lipinski definition) is 3. The van der Waals surface area contributed by atoms with Gasteiger partial charge in [-0.25, -0.2) is 9.59 Å². The normalized spacial score (nSPS) is 13.6. The number of benzene rings is 1. The second-order valence-electron chi connectivity index (χ2n) is 5.31. The molecule has 0 bridgehead atoms. The molecule has 0 unspecified atom stereocenters. The van der Waals surface area contributed by atoms with E-state index in [9.17, 15) is 9.59 Å². The van der Waals surface area contributed by atoms with Gasteiger partial charge in [-0.05, 0) is 24.6 Å². The molecule has 0 atom stereocenters. The minimum absolute atomic E-state index is 0.0111. The van der Waals surface area contributed by atoms with Crippen molar-refractivity contribution >= 4 is 17.7 Å². The van der Waals surface area contributed by atoms with E-state index in [2.05, 4.69) is 15.5 Å². The molecule has 0 aliphatic carbocycles. The van der Waals surface area contributed by atoms with Gasteiger partial charge in [-0.15, -0.1) is 0 Å². The number of carbonyl (C=O) groups excluding carboxylic acids is 1. The largest absolute Gasteiger partial charge is 0.476 e. The molecule has 0 fully saturated rings. The number of aromatic nitrogens is 2. The number of nitrogens with zero attached hydrogens (tertiary/aromatic N) is 2. The van der Waals surface area contributed by atoms with Gasteiger partial charge in [0.25, 0.3) is 0 Å². The topological polar surface area (TPSA) is 98.3 Å². The van der Waals surface area contributed by atoms with Crippen molar-refractivity contribution in [2.24, 2.45) is 0 Å². The Morgan fingerprint density at radius 2 is 2.23 bits per heavy atom. The molecule has 1 aliphatic heterocycles. The van der Waals surface area contributed by atoms with E-state index in [1.807, 2.05) is 31.2 Å². The van der Waals surface area contributed by atoms with E-state index >= 15 is 0 Å². The van der Waals surface area contributed by atoms with Crippen LogP contribution in [0.5, 0.6) is 0 Å². The Balaban J connectivity index is 1.75. The lowest BCUT2D eigenvalue weighted by atomic mass is 10.1. The number of rotatable bonds is 2. The molecule has 0 spiro atoms. The fourth-order valence-corrected chi connectivity index (χ4v) is 2.57. The van der Waals surface area contributed by atoms with Crippen LogP contribution in [0.15, 0.2) is 24.3 Å². The lowest BCUT2D eigenvalue weighted by molar-refractivity contribution is 0.0688. The van der Waals surface area contributed by atoms with Crippen molar-refractivity contribution in [2.45, 2.75) is 19.9 Å². The molecule has 0 radical (unpaired) electrons. The molecule has 2 aromatic rings. The second-order valence-corrected chi connectivity index (χ2v) is 5.31. The summed E-state index contributed by atoms with van der Waals surface area (Å²) in [7, 11) is 0. The average molecular weight is 300 g/mol. The summed E-state index contributed by atoms with van der Waals surface area (Å²) in [6.07, 6.45) is 0.566. The first-order chi connectivity index (χ1) is 10.5. The highest BCUT2D eigenvalue weighted by Gasteiger charge is 2.27. The van der Waals surface area contributed by atoms with Crippen molar-refractivity contribution in [1.82, 2.24) is 15.1 Å². The first-order valence-corrected chi connectivity index (χ1v) is 6.96. The van der Waals surface area contributed by atoms with E-state index < -0.39 is 5.97 Å². The Bertz CT molecular complexity index is 738. The number of carbonyl (C=O) groups is 2. The third kappa shape index (κ3) is 2.65. The molecule has 3 rings (SSSR count). The molecule has 1 aromatic heterocycles. The number of aryl methyl sites for hydroxylation is 1. The van der Waals surface area contributed by atoms with Crippen LogP contribution in [0, 0.1) is 6.92 Å². The highest BCUT2D eigenvalue weighted by atomic mass is 16.4. The first-order valence-electron chi connectivity index (χ1n) is 6.96. The summed E-state index contributed by atoms with van der Waals surface area (Å²) in [6, 6.07) is 7.29.